The summed E-state index contributed by atoms with van der Waals surface area (Å²) in [7, 11) is 0. The number of hydrogen-bond acceptors (Lipinski definition) is 5. The van der Waals surface area contributed by atoms with Crippen molar-refractivity contribution >= 4 is 59.3 Å². The number of β-lactam (4-membered cyclic amide) rings is 1. The summed E-state index contributed by atoms with van der Waals surface area (Å²) in [6.07, 6.45) is 3.63. The number of hydrogen-bond donors (Lipinski definition) is 1. The fraction of sp³-hybridized carbons (Fsp3) is 0.308. The number of carbonyl (C=O) groups is 2. The van der Waals surface area contributed by atoms with E-state index in [1.807, 2.05) is 10.8 Å². The number of aliphatic carboxylic acids is 1. The predicted octanol–water partition coefficient (Wildman–Crippen LogP) is -0.0107. The molecule has 1 N–H and O–H groups in total. The van der Waals surface area contributed by atoms with Crippen LogP contribution >= 0.6 is 11.8 Å². The second-order valence-corrected chi connectivity index (χ2v) is 5.85. The van der Waals surface area contributed by atoms with Gasteiger partial charge in [0.2, 0.25) is 0 Å². The first-order valence-electron chi connectivity index (χ1n) is 6.43. The van der Waals surface area contributed by atoms with Gasteiger partial charge >= 0.3 is 35.5 Å². The molecule has 1 fully saturated rings. The maximum atomic E-state index is 12.1. The first kappa shape index (κ1) is 15.8. The van der Waals surface area contributed by atoms with Gasteiger partial charge in [0.15, 0.2) is 0 Å². The molecule has 1 aromatic heterocycles. The van der Waals surface area contributed by atoms with Crippen molar-refractivity contribution in [2.45, 2.75) is 18.5 Å². The number of aromatic nitrogens is 2. The van der Waals surface area contributed by atoms with Crippen molar-refractivity contribution in [1.29, 1.82) is 0 Å². The van der Waals surface area contributed by atoms with Crippen molar-refractivity contribution in [2.75, 3.05) is 6.61 Å². The molecule has 0 spiro atoms. The van der Waals surface area contributed by atoms with E-state index in [2.05, 4.69) is 4.98 Å². The maximum absolute atomic E-state index is 12.1. The second kappa shape index (κ2) is 5.86. The van der Waals surface area contributed by atoms with Crippen LogP contribution in [0.25, 0.3) is 6.08 Å². The summed E-state index contributed by atoms with van der Waals surface area (Å²) in [4.78, 5) is 28.8. The molecule has 0 bridgehead atoms. The quantitative estimate of drug-likeness (QED) is 0.467. The van der Waals surface area contributed by atoms with Gasteiger partial charge in [0.1, 0.15) is 23.5 Å². The minimum absolute atomic E-state index is 0. The molecule has 0 saturated carbocycles. The Balaban J connectivity index is 0.00000144. The first-order chi connectivity index (χ1) is 10.1. The summed E-state index contributed by atoms with van der Waals surface area (Å²) in [5.74, 6) is -0.493. The third kappa shape index (κ3) is 2.35. The van der Waals surface area contributed by atoms with Crippen LogP contribution in [0.4, 0.5) is 0 Å². The Labute approximate surface area is 152 Å². The zero-order chi connectivity index (χ0) is 14.6. The molecular weight excluding hydrogens is 317 g/mol. The Hall–Kier alpha value is -1.06. The van der Waals surface area contributed by atoms with Crippen molar-refractivity contribution in [3.05, 3.63) is 34.4 Å². The van der Waals surface area contributed by atoms with E-state index in [0.29, 0.717) is 24.5 Å². The van der Waals surface area contributed by atoms with E-state index in [1.165, 1.54) is 22.1 Å². The van der Waals surface area contributed by atoms with Crippen LogP contribution in [-0.4, -0.2) is 73.0 Å². The normalized spacial score (nSPS) is 24.3. The number of amides is 1. The number of carboxylic acid groups (broad SMARTS) is 1. The van der Waals surface area contributed by atoms with Crippen molar-refractivity contribution in [1.82, 2.24) is 14.5 Å². The van der Waals surface area contributed by atoms with Gasteiger partial charge in [0.05, 0.1) is 17.9 Å². The second-order valence-electron chi connectivity index (χ2n) is 4.90. The van der Waals surface area contributed by atoms with E-state index >= 15 is 0 Å². The van der Waals surface area contributed by atoms with E-state index in [4.69, 9.17) is 9.84 Å². The van der Waals surface area contributed by atoms with Gasteiger partial charge < -0.3 is 14.4 Å². The molecule has 0 radical (unpaired) electrons. The number of fused-ring (bicyclic) bond motifs is 2. The fourth-order valence-corrected chi connectivity index (χ4v) is 3.73. The minimum atomic E-state index is -1.08. The molecular formula is C13H12N3NaO4S. The summed E-state index contributed by atoms with van der Waals surface area (Å²) in [6.45, 7) is 1.90. The van der Waals surface area contributed by atoms with Gasteiger partial charge in [-0.25, -0.2) is 9.78 Å². The molecule has 1 unspecified atom stereocenters. The van der Waals surface area contributed by atoms with E-state index in [-0.39, 0.29) is 46.5 Å². The van der Waals surface area contributed by atoms with Crippen LogP contribution in [-0.2, 0) is 27.5 Å². The monoisotopic (exact) mass is 329 g/mol. The molecule has 1 atom stereocenters. The number of carbonyl (C=O) groups excluding carboxylic acids is 1. The van der Waals surface area contributed by atoms with Crippen LogP contribution in [0, 0.1) is 0 Å². The molecule has 1 amide bonds. The molecule has 0 aromatic carbocycles. The number of thioether (sulfide) groups is 1. The van der Waals surface area contributed by atoms with Crippen LogP contribution in [0.15, 0.2) is 22.9 Å². The average molecular weight is 329 g/mol. The molecule has 7 nitrogen and oxygen atoms in total. The Morgan fingerprint density at radius 2 is 2.36 bits per heavy atom. The fourth-order valence-electron chi connectivity index (χ4n) is 2.61. The molecule has 1 aromatic rings. The third-order valence-electron chi connectivity index (χ3n) is 3.64. The van der Waals surface area contributed by atoms with Gasteiger partial charge in [-0.1, -0.05) is 0 Å². The number of ether oxygens (including phenoxy) is 1. The van der Waals surface area contributed by atoms with E-state index in [1.54, 1.807) is 6.08 Å². The molecule has 22 heavy (non-hydrogen) atoms. The van der Waals surface area contributed by atoms with Gasteiger partial charge in [-0.15, -0.1) is 11.8 Å². The van der Waals surface area contributed by atoms with Crippen molar-refractivity contribution < 1.29 is 19.4 Å². The average Bonchev–Trinajstić information content (AvgIpc) is 3.05. The van der Waals surface area contributed by atoms with E-state index in [0.717, 1.165) is 12.4 Å². The van der Waals surface area contributed by atoms with Gasteiger partial charge in [0, 0.05) is 18.1 Å². The molecule has 110 valence electrons. The van der Waals surface area contributed by atoms with Crippen LogP contribution in [0.1, 0.15) is 11.5 Å². The van der Waals surface area contributed by atoms with Gasteiger partial charge in [-0.2, -0.15) is 0 Å². The Bertz CT molecular complexity index is 703. The summed E-state index contributed by atoms with van der Waals surface area (Å²) >= 11 is 1.33. The zero-order valence-electron chi connectivity index (χ0n) is 10.9. The van der Waals surface area contributed by atoms with Gasteiger partial charge in [-0.3, -0.25) is 9.69 Å². The Morgan fingerprint density at radius 3 is 3.09 bits per heavy atom. The summed E-state index contributed by atoms with van der Waals surface area (Å²) < 4.78 is 7.34. The summed E-state index contributed by atoms with van der Waals surface area (Å²) in [5, 5.41) is 10.3. The molecule has 9 heteroatoms. The summed E-state index contributed by atoms with van der Waals surface area (Å²) in [5.41, 5.74) is 1.34. The van der Waals surface area contributed by atoms with Crippen molar-refractivity contribution in [3.8, 4) is 0 Å². The number of rotatable bonds is 2. The molecule has 1 saturated heterocycles. The zero-order valence-corrected chi connectivity index (χ0v) is 11.7. The Morgan fingerprint density at radius 1 is 1.55 bits per heavy atom. The first-order valence-corrected chi connectivity index (χ1v) is 7.37. The molecule has 0 aliphatic carbocycles. The van der Waals surface area contributed by atoms with E-state index < -0.39 is 5.97 Å². The third-order valence-corrected chi connectivity index (χ3v) is 4.72. The SMILES string of the molecule is O=C(O)C1=CSC2C(=Cc3cn4c(n3)COCC4)C(=O)N12.[NaH]. The van der Waals surface area contributed by atoms with Crippen LogP contribution in [0.5, 0.6) is 0 Å². The van der Waals surface area contributed by atoms with Crippen LogP contribution < -0.4 is 0 Å². The predicted molar refractivity (Wildman–Crippen MR) is 81.0 cm³/mol. The van der Waals surface area contributed by atoms with E-state index in [9.17, 15) is 9.59 Å². The van der Waals surface area contributed by atoms with Crippen molar-refractivity contribution in [3.63, 3.8) is 0 Å². The van der Waals surface area contributed by atoms with Crippen LogP contribution in [0.2, 0.25) is 0 Å². The van der Waals surface area contributed by atoms with Crippen molar-refractivity contribution in [2.24, 2.45) is 0 Å². The van der Waals surface area contributed by atoms with Crippen LogP contribution in [0.3, 0.4) is 0 Å². The molecule has 4 heterocycles. The topological polar surface area (TPSA) is 84.7 Å². The summed E-state index contributed by atoms with van der Waals surface area (Å²) in [6, 6.07) is 0. The van der Waals surface area contributed by atoms with Gasteiger partial charge in [0.25, 0.3) is 5.91 Å². The number of carboxylic acids is 1. The standard InChI is InChI=1S/C13H11N3O4S.Na.H/c17-11-8(12-16(11)9(6-21-12)13(18)19)3-7-4-15-1-2-20-5-10(15)14-7;;/h3-4,6,12H,1-2,5H2,(H,18,19);;. The molecule has 3 aliphatic rings. The number of nitrogens with zero attached hydrogens (tertiary/aromatic N) is 3. The molecule has 3 aliphatic heterocycles. The molecule has 4 rings (SSSR count). The number of imidazole rings is 1. The van der Waals surface area contributed by atoms with Gasteiger partial charge in [-0.05, 0) is 6.08 Å². The Kier molecular flexibility index (Phi) is 4.21.